The molecule has 16 heavy (non-hydrogen) atoms. The number of hydrogen-bond acceptors (Lipinski definition) is 1. The van der Waals surface area contributed by atoms with Crippen LogP contribution in [0.5, 0.6) is 0 Å². The van der Waals surface area contributed by atoms with E-state index in [9.17, 15) is 4.79 Å². The van der Waals surface area contributed by atoms with Crippen molar-refractivity contribution >= 4 is 10.9 Å². The van der Waals surface area contributed by atoms with Crippen LogP contribution < -0.4 is 5.56 Å². The van der Waals surface area contributed by atoms with Crippen LogP contribution in [0.25, 0.3) is 10.9 Å². The van der Waals surface area contributed by atoms with E-state index >= 15 is 0 Å². The van der Waals surface area contributed by atoms with E-state index in [-0.39, 0.29) is 11.0 Å². The summed E-state index contributed by atoms with van der Waals surface area (Å²) in [7, 11) is 0. The number of benzene rings is 1. The number of aryl methyl sites for hydroxylation is 1. The number of hydrogen-bond donors (Lipinski definition) is 1. The molecular weight excluding hydrogens is 198 g/mol. The zero-order valence-corrected chi connectivity index (χ0v) is 10.2. The molecule has 0 radical (unpaired) electrons. The minimum absolute atomic E-state index is 0.0191. The Morgan fingerprint density at radius 3 is 2.44 bits per heavy atom. The first-order chi connectivity index (χ1) is 7.38. The van der Waals surface area contributed by atoms with Gasteiger partial charge in [0.05, 0.1) is 0 Å². The number of H-pyrrole nitrogens is 1. The average molecular weight is 215 g/mol. The molecule has 2 heteroatoms. The highest BCUT2D eigenvalue weighted by Crippen LogP contribution is 2.21. The van der Waals surface area contributed by atoms with E-state index in [0.29, 0.717) is 0 Å². The van der Waals surface area contributed by atoms with Crippen LogP contribution in [0.2, 0.25) is 0 Å². The number of aromatic nitrogens is 1. The zero-order chi connectivity index (χ0) is 11.9. The van der Waals surface area contributed by atoms with Crippen molar-refractivity contribution in [2.45, 2.75) is 33.1 Å². The zero-order valence-electron chi connectivity index (χ0n) is 10.2. The van der Waals surface area contributed by atoms with E-state index in [0.717, 1.165) is 22.0 Å². The first kappa shape index (κ1) is 10.9. The molecule has 0 aliphatic rings. The molecule has 1 aromatic heterocycles. The Kier molecular flexibility index (Phi) is 2.38. The van der Waals surface area contributed by atoms with Gasteiger partial charge in [-0.1, -0.05) is 32.9 Å². The highest BCUT2D eigenvalue weighted by Gasteiger charge is 2.18. The van der Waals surface area contributed by atoms with Gasteiger partial charge >= 0.3 is 0 Å². The number of nitrogens with one attached hydrogen (secondary N) is 1. The van der Waals surface area contributed by atoms with Gasteiger partial charge in [-0.3, -0.25) is 4.79 Å². The number of pyridine rings is 1. The Balaban J connectivity index is 2.78. The van der Waals surface area contributed by atoms with E-state index in [1.165, 1.54) is 0 Å². The molecule has 2 nitrogen and oxygen atoms in total. The molecule has 0 bridgehead atoms. The first-order valence-electron chi connectivity index (χ1n) is 5.52. The minimum Gasteiger partial charge on any atom is -0.322 e. The molecule has 0 aliphatic heterocycles. The third-order valence-corrected chi connectivity index (χ3v) is 2.81. The monoisotopic (exact) mass is 215 g/mol. The molecule has 84 valence electrons. The van der Waals surface area contributed by atoms with Gasteiger partial charge in [-0.25, -0.2) is 0 Å². The summed E-state index contributed by atoms with van der Waals surface area (Å²) >= 11 is 0. The summed E-state index contributed by atoms with van der Waals surface area (Å²) in [6.45, 7) is 8.18. The molecule has 0 spiro atoms. The summed E-state index contributed by atoms with van der Waals surface area (Å²) < 4.78 is 0. The minimum atomic E-state index is -0.118. The van der Waals surface area contributed by atoms with Gasteiger partial charge in [0.2, 0.25) is 0 Å². The molecule has 2 rings (SSSR count). The van der Waals surface area contributed by atoms with Gasteiger partial charge < -0.3 is 4.98 Å². The Labute approximate surface area is 95.3 Å². The lowest BCUT2D eigenvalue weighted by atomic mass is 9.87. The molecule has 2 aromatic rings. The topological polar surface area (TPSA) is 32.9 Å². The molecule has 1 aromatic carbocycles. The van der Waals surface area contributed by atoms with E-state index in [1.54, 1.807) is 0 Å². The van der Waals surface area contributed by atoms with Crippen LogP contribution >= 0.6 is 0 Å². The Morgan fingerprint density at radius 2 is 1.81 bits per heavy atom. The number of fused-ring (bicyclic) bond motifs is 1. The van der Waals surface area contributed by atoms with Crippen LogP contribution in [0.3, 0.4) is 0 Å². The van der Waals surface area contributed by atoms with Crippen LogP contribution in [-0.2, 0) is 5.41 Å². The fraction of sp³-hybridized carbons (Fsp3) is 0.357. The summed E-state index contributed by atoms with van der Waals surface area (Å²) in [6.07, 6.45) is 0. The van der Waals surface area contributed by atoms with E-state index < -0.39 is 0 Å². The standard InChI is InChI=1S/C14H17NO/c1-9-5-6-10-8-11(14(2,3)4)13(16)15-12(10)7-9/h5-8H,1-4H3,(H,15,16). The van der Waals surface area contributed by atoms with Gasteiger partial charge in [0.25, 0.3) is 5.56 Å². The fourth-order valence-corrected chi connectivity index (χ4v) is 1.87. The summed E-state index contributed by atoms with van der Waals surface area (Å²) in [5.74, 6) is 0. The molecular formula is C14H17NO. The van der Waals surface area contributed by atoms with Gasteiger partial charge in [-0.15, -0.1) is 0 Å². The van der Waals surface area contributed by atoms with Gasteiger partial charge in [-0.2, -0.15) is 0 Å². The smallest absolute Gasteiger partial charge is 0.252 e. The Hall–Kier alpha value is -1.57. The van der Waals surface area contributed by atoms with Crippen molar-refractivity contribution in [3.63, 3.8) is 0 Å². The SMILES string of the molecule is Cc1ccc2cc(C(C)(C)C)c(=O)[nH]c2c1. The van der Waals surface area contributed by atoms with Crippen molar-refractivity contribution in [2.24, 2.45) is 0 Å². The second-order valence-electron chi connectivity index (χ2n) is 5.35. The van der Waals surface area contributed by atoms with Crippen molar-refractivity contribution < 1.29 is 0 Å². The molecule has 0 atom stereocenters. The van der Waals surface area contributed by atoms with Crippen LogP contribution in [-0.4, -0.2) is 4.98 Å². The van der Waals surface area contributed by atoms with Crippen molar-refractivity contribution in [3.8, 4) is 0 Å². The lowest BCUT2D eigenvalue weighted by molar-refractivity contribution is 0.583. The predicted octanol–water partition coefficient (Wildman–Crippen LogP) is 3.13. The first-order valence-corrected chi connectivity index (χ1v) is 5.52. The molecule has 1 heterocycles. The third-order valence-electron chi connectivity index (χ3n) is 2.81. The lowest BCUT2D eigenvalue weighted by Gasteiger charge is -2.18. The highest BCUT2D eigenvalue weighted by molar-refractivity contribution is 5.79. The average Bonchev–Trinajstić information content (AvgIpc) is 2.14. The van der Waals surface area contributed by atoms with E-state index in [4.69, 9.17) is 0 Å². The lowest BCUT2D eigenvalue weighted by Crippen LogP contribution is -2.24. The largest absolute Gasteiger partial charge is 0.322 e. The van der Waals surface area contributed by atoms with Crippen molar-refractivity contribution in [1.82, 2.24) is 4.98 Å². The molecule has 0 fully saturated rings. The van der Waals surface area contributed by atoms with Crippen molar-refractivity contribution in [2.75, 3.05) is 0 Å². The van der Waals surface area contributed by atoms with E-state index in [2.05, 4.69) is 37.9 Å². The van der Waals surface area contributed by atoms with Gasteiger partial charge in [0.15, 0.2) is 0 Å². The third kappa shape index (κ3) is 1.87. The number of rotatable bonds is 0. The molecule has 1 N–H and O–H groups in total. The maximum atomic E-state index is 11.9. The van der Waals surface area contributed by atoms with Crippen LogP contribution in [0.4, 0.5) is 0 Å². The predicted molar refractivity (Wildman–Crippen MR) is 68.0 cm³/mol. The van der Waals surface area contributed by atoms with E-state index in [1.807, 2.05) is 19.1 Å². The number of aromatic amines is 1. The normalized spacial score (nSPS) is 12.0. The molecule has 0 saturated heterocycles. The van der Waals surface area contributed by atoms with Gasteiger partial charge in [0.1, 0.15) is 0 Å². The Bertz CT molecular complexity index is 588. The summed E-state index contributed by atoms with van der Waals surface area (Å²) in [6, 6.07) is 8.11. The van der Waals surface area contributed by atoms with Crippen molar-refractivity contribution in [1.29, 1.82) is 0 Å². The van der Waals surface area contributed by atoms with Crippen LogP contribution in [0.15, 0.2) is 29.1 Å². The fourth-order valence-electron chi connectivity index (χ4n) is 1.87. The molecule has 0 unspecified atom stereocenters. The van der Waals surface area contributed by atoms with Gasteiger partial charge in [-0.05, 0) is 35.4 Å². The van der Waals surface area contributed by atoms with Gasteiger partial charge in [0, 0.05) is 11.1 Å². The molecule has 0 amide bonds. The van der Waals surface area contributed by atoms with Crippen molar-refractivity contribution in [3.05, 3.63) is 45.7 Å². The Morgan fingerprint density at radius 1 is 1.12 bits per heavy atom. The maximum absolute atomic E-state index is 11.9. The highest BCUT2D eigenvalue weighted by atomic mass is 16.1. The second-order valence-corrected chi connectivity index (χ2v) is 5.35. The second kappa shape index (κ2) is 3.48. The quantitative estimate of drug-likeness (QED) is 0.719. The summed E-state index contributed by atoms with van der Waals surface area (Å²) in [5.41, 5.74) is 2.81. The summed E-state index contributed by atoms with van der Waals surface area (Å²) in [4.78, 5) is 14.9. The van der Waals surface area contributed by atoms with Crippen LogP contribution in [0.1, 0.15) is 31.9 Å². The molecule has 0 saturated carbocycles. The van der Waals surface area contributed by atoms with Crippen LogP contribution in [0, 0.1) is 6.92 Å². The molecule has 0 aliphatic carbocycles. The maximum Gasteiger partial charge on any atom is 0.252 e. The summed E-state index contributed by atoms with van der Waals surface area (Å²) in [5, 5.41) is 1.09.